The zero-order valence-electron chi connectivity index (χ0n) is 21.8. The van der Waals surface area contributed by atoms with Crippen LogP contribution >= 0.6 is 0 Å². The molecular weight excluding hydrogens is 472 g/mol. The normalized spacial score (nSPS) is 18.6. The number of aliphatic hydroxyl groups is 1. The van der Waals surface area contributed by atoms with E-state index in [0.29, 0.717) is 34.8 Å². The fourth-order valence-corrected chi connectivity index (χ4v) is 5.42. The number of hydrogen-bond donors (Lipinski definition) is 1. The van der Waals surface area contributed by atoms with Gasteiger partial charge in [0.2, 0.25) is 10.7 Å². The predicted octanol–water partition coefficient (Wildman–Crippen LogP) is 6.59. The van der Waals surface area contributed by atoms with Gasteiger partial charge in [-0.05, 0) is 50.8 Å². The molecule has 5 nitrogen and oxygen atoms in total. The number of ether oxygens (including phenoxy) is 1. The molecular formula is C30H42O5S. The molecule has 1 aliphatic rings. The second-order valence-corrected chi connectivity index (χ2v) is 10.6. The monoisotopic (exact) mass is 514 g/mol. The van der Waals surface area contributed by atoms with Crippen LogP contribution < -0.4 is 0 Å². The second-order valence-electron chi connectivity index (χ2n) is 9.19. The van der Waals surface area contributed by atoms with Gasteiger partial charge in [-0.25, -0.2) is 0 Å². The van der Waals surface area contributed by atoms with Gasteiger partial charge in [0.15, 0.2) is 4.90 Å². The van der Waals surface area contributed by atoms with E-state index < -0.39 is 17.3 Å². The number of carbonyl (C=O) groups is 2. The number of esters is 1. The Balaban J connectivity index is 1.97. The molecule has 0 aliphatic heterocycles. The molecule has 198 valence electrons. The van der Waals surface area contributed by atoms with E-state index >= 15 is 0 Å². The van der Waals surface area contributed by atoms with Crippen molar-refractivity contribution in [3.8, 4) is 0 Å². The Labute approximate surface area is 219 Å². The first-order chi connectivity index (χ1) is 17.5. The third kappa shape index (κ3) is 10.5. The van der Waals surface area contributed by atoms with Crippen molar-refractivity contribution in [2.45, 2.75) is 95.5 Å². The molecule has 0 amide bonds. The van der Waals surface area contributed by atoms with Crippen LogP contribution in [0.3, 0.4) is 0 Å². The summed E-state index contributed by atoms with van der Waals surface area (Å²) in [5.41, 5.74) is 0.647. The molecule has 0 radical (unpaired) electrons. The molecule has 0 heterocycles. The molecule has 2 rings (SSSR count). The Bertz CT molecular complexity index is 890. The fraction of sp³-hybridized carbons (Fsp3) is 0.533. The maximum Gasteiger partial charge on any atom is 0.305 e. The lowest BCUT2D eigenvalue weighted by atomic mass is 9.98. The molecule has 0 saturated heterocycles. The largest absolute Gasteiger partial charge is 0.606 e. The van der Waals surface area contributed by atoms with E-state index in [2.05, 4.69) is 6.92 Å². The third-order valence-corrected chi connectivity index (χ3v) is 7.65. The average Bonchev–Trinajstić information content (AvgIpc) is 3.19. The van der Waals surface area contributed by atoms with Crippen molar-refractivity contribution in [2.24, 2.45) is 5.92 Å². The summed E-state index contributed by atoms with van der Waals surface area (Å²) in [5.74, 6) is -0.569. The highest BCUT2D eigenvalue weighted by Crippen LogP contribution is 2.34. The SMILES string of the molecule is CCCCCC(O)C=CC1C=C([S+]([O-])c2ccccc2)C(=O)C1=CCCCCCCCC(=O)OCC. The number of Topliss-reactive ketones (excluding diaryl/α,β-unsaturated/α-hetero) is 1. The number of benzene rings is 1. The number of hydrogen-bond acceptors (Lipinski definition) is 5. The number of ketones is 1. The van der Waals surface area contributed by atoms with Crippen molar-refractivity contribution in [2.75, 3.05) is 6.61 Å². The van der Waals surface area contributed by atoms with E-state index in [0.717, 1.165) is 57.8 Å². The zero-order chi connectivity index (χ0) is 26.2. The molecule has 36 heavy (non-hydrogen) atoms. The maximum atomic E-state index is 13.2. The average molecular weight is 515 g/mol. The highest BCUT2D eigenvalue weighted by molar-refractivity contribution is 7.96. The highest BCUT2D eigenvalue weighted by Gasteiger charge is 2.36. The Morgan fingerprint density at radius 2 is 1.81 bits per heavy atom. The van der Waals surface area contributed by atoms with Gasteiger partial charge in [-0.15, -0.1) is 0 Å². The summed E-state index contributed by atoms with van der Waals surface area (Å²) in [7, 11) is 0. The van der Waals surface area contributed by atoms with Crippen LogP contribution in [0.4, 0.5) is 0 Å². The van der Waals surface area contributed by atoms with Gasteiger partial charge in [-0.3, -0.25) is 9.59 Å². The van der Waals surface area contributed by atoms with Crippen molar-refractivity contribution >= 4 is 22.9 Å². The maximum absolute atomic E-state index is 13.2. The van der Waals surface area contributed by atoms with Gasteiger partial charge < -0.3 is 14.4 Å². The minimum absolute atomic E-state index is 0.132. The van der Waals surface area contributed by atoms with Crippen LogP contribution in [0.25, 0.3) is 0 Å². The van der Waals surface area contributed by atoms with E-state index in [1.807, 2.05) is 37.3 Å². The lowest BCUT2D eigenvalue weighted by Crippen LogP contribution is -2.12. The Morgan fingerprint density at radius 1 is 1.08 bits per heavy atom. The number of allylic oxidation sites excluding steroid dienone is 5. The summed E-state index contributed by atoms with van der Waals surface area (Å²) in [6.07, 6.45) is 16.8. The molecule has 0 spiro atoms. The Kier molecular flexibility index (Phi) is 14.5. The number of aliphatic hydroxyl groups excluding tert-OH is 1. The molecule has 0 aromatic heterocycles. The number of rotatable bonds is 17. The van der Waals surface area contributed by atoms with Gasteiger partial charge in [0, 0.05) is 29.1 Å². The lowest BCUT2D eigenvalue weighted by molar-refractivity contribution is -0.143. The smallest absolute Gasteiger partial charge is 0.305 e. The number of carbonyl (C=O) groups excluding carboxylic acids is 2. The summed E-state index contributed by atoms with van der Waals surface area (Å²) >= 11 is -1.53. The van der Waals surface area contributed by atoms with Gasteiger partial charge in [0.05, 0.1) is 12.7 Å². The summed E-state index contributed by atoms with van der Waals surface area (Å²) in [4.78, 5) is 25.6. The van der Waals surface area contributed by atoms with Crippen LogP contribution in [-0.2, 0) is 25.5 Å². The molecule has 3 atom stereocenters. The molecule has 1 aromatic carbocycles. The van der Waals surface area contributed by atoms with Crippen LogP contribution in [-0.4, -0.2) is 34.1 Å². The van der Waals surface area contributed by atoms with E-state index in [1.54, 1.807) is 24.3 Å². The van der Waals surface area contributed by atoms with Crippen molar-refractivity contribution in [3.05, 3.63) is 65.1 Å². The van der Waals surface area contributed by atoms with Gasteiger partial charge in [-0.1, -0.05) is 81.9 Å². The molecule has 6 heteroatoms. The fourth-order valence-electron chi connectivity index (χ4n) is 4.21. The molecule has 0 fully saturated rings. The lowest BCUT2D eigenvalue weighted by Gasteiger charge is -2.09. The van der Waals surface area contributed by atoms with Crippen LogP contribution in [0.5, 0.6) is 0 Å². The van der Waals surface area contributed by atoms with Gasteiger partial charge >= 0.3 is 5.97 Å². The van der Waals surface area contributed by atoms with Crippen LogP contribution in [0.2, 0.25) is 0 Å². The van der Waals surface area contributed by atoms with E-state index in [4.69, 9.17) is 4.74 Å². The topological polar surface area (TPSA) is 86.7 Å². The summed E-state index contributed by atoms with van der Waals surface area (Å²) in [5, 5.41) is 10.3. The molecule has 0 bridgehead atoms. The summed E-state index contributed by atoms with van der Waals surface area (Å²) in [6, 6.07) is 9.05. The first kappa shape index (κ1) is 30.1. The molecule has 3 unspecified atom stereocenters. The highest BCUT2D eigenvalue weighted by atomic mass is 32.2. The van der Waals surface area contributed by atoms with Gasteiger partial charge in [-0.2, -0.15) is 0 Å². The Morgan fingerprint density at radius 3 is 2.53 bits per heavy atom. The van der Waals surface area contributed by atoms with E-state index in [-0.39, 0.29) is 17.7 Å². The van der Waals surface area contributed by atoms with Gasteiger partial charge in [0.1, 0.15) is 0 Å². The standard InChI is InChI=1S/C30H42O5S/c1-3-5-11-16-25(31)22-21-24-23-28(36(34)26-17-12-10-13-18-26)30(33)27(24)19-14-8-6-7-9-15-20-29(32)35-4-2/h10,12-13,17-19,21-25,31H,3-9,11,14-16,20H2,1-2H3. The van der Waals surface area contributed by atoms with Crippen molar-refractivity contribution in [3.63, 3.8) is 0 Å². The van der Waals surface area contributed by atoms with Crippen LogP contribution in [0.15, 0.2) is 70.0 Å². The number of unbranched alkanes of at least 4 members (excludes halogenated alkanes) is 7. The van der Waals surface area contributed by atoms with Crippen molar-refractivity contribution < 1.29 is 24.0 Å². The predicted molar refractivity (Wildman–Crippen MR) is 146 cm³/mol. The first-order valence-corrected chi connectivity index (χ1v) is 14.6. The summed E-state index contributed by atoms with van der Waals surface area (Å²) in [6.45, 7) is 4.37. The van der Waals surface area contributed by atoms with Crippen molar-refractivity contribution in [1.82, 2.24) is 0 Å². The van der Waals surface area contributed by atoms with Crippen molar-refractivity contribution in [1.29, 1.82) is 0 Å². The first-order valence-electron chi connectivity index (χ1n) is 13.4. The third-order valence-electron chi connectivity index (χ3n) is 6.23. The van der Waals surface area contributed by atoms with E-state index in [9.17, 15) is 19.2 Å². The minimum atomic E-state index is -1.53. The molecule has 1 N–H and O–H groups in total. The van der Waals surface area contributed by atoms with E-state index in [1.165, 1.54) is 0 Å². The second kappa shape index (κ2) is 17.3. The quantitative estimate of drug-likeness (QED) is 0.0832. The molecule has 1 aromatic rings. The summed E-state index contributed by atoms with van der Waals surface area (Å²) < 4.78 is 18.1. The minimum Gasteiger partial charge on any atom is -0.606 e. The zero-order valence-corrected chi connectivity index (χ0v) is 22.6. The molecule has 1 aliphatic carbocycles. The molecule has 0 saturated carbocycles. The Hall–Kier alpha value is -2.15. The van der Waals surface area contributed by atoms with Crippen LogP contribution in [0, 0.1) is 5.92 Å². The van der Waals surface area contributed by atoms with Crippen LogP contribution in [0.1, 0.15) is 84.5 Å². The van der Waals surface area contributed by atoms with Gasteiger partial charge in [0.25, 0.3) is 0 Å².